The van der Waals surface area contributed by atoms with Gasteiger partial charge in [-0.05, 0) is 51.8 Å². The molecule has 1 saturated heterocycles. The minimum absolute atomic E-state index is 0.259. The molecular formula is C17H28FN3. The van der Waals surface area contributed by atoms with E-state index in [9.17, 15) is 4.39 Å². The Morgan fingerprint density at radius 1 is 1.38 bits per heavy atom. The van der Waals surface area contributed by atoms with Crippen molar-refractivity contribution in [3.63, 3.8) is 0 Å². The van der Waals surface area contributed by atoms with Crippen molar-refractivity contribution in [3.05, 3.63) is 29.8 Å². The molecule has 0 radical (unpaired) electrons. The Balaban J connectivity index is 2.11. The fourth-order valence-electron chi connectivity index (χ4n) is 3.23. The highest BCUT2D eigenvalue weighted by Gasteiger charge is 2.26. The zero-order chi connectivity index (χ0) is 15.2. The van der Waals surface area contributed by atoms with Crippen molar-refractivity contribution in [2.24, 2.45) is 0 Å². The van der Waals surface area contributed by atoms with E-state index in [-0.39, 0.29) is 11.9 Å². The Morgan fingerprint density at radius 3 is 2.71 bits per heavy atom. The van der Waals surface area contributed by atoms with Crippen LogP contribution in [0.5, 0.6) is 0 Å². The number of nitrogens with zero attached hydrogens (tertiary/aromatic N) is 2. The Kier molecular flexibility index (Phi) is 6.12. The Bertz CT molecular complexity index is 413. The Morgan fingerprint density at radius 2 is 2.19 bits per heavy atom. The van der Waals surface area contributed by atoms with Crippen LogP contribution in [0.25, 0.3) is 0 Å². The molecule has 1 aromatic rings. The molecule has 0 saturated carbocycles. The molecule has 0 spiro atoms. The lowest BCUT2D eigenvalue weighted by atomic mass is 10.0. The molecule has 1 aliphatic heterocycles. The SMILES string of the molecule is CCC(c1ccc(F)cn1)N(CC1CCCCN1)C(C)C. The van der Waals surface area contributed by atoms with E-state index in [1.54, 1.807) is 0 Å². The summed E-state index contributed by atoms with van der Waals surface area (Å²) in [5.74, 6) is -0.265. The summed E-state index contributed by atoms with van der Waals surface area (Å²) in [6.45, 7) is 8.81. The molecule has 1 N–H and O–H groups in total. The highest BCUT2D eigenvalue weighted by Crippen LogP contribution is 2.26. The third kappa shape index (κ3) is 4.48. The number of aromatic nitrogens is 1. The van der Waals surface area contributed by atoms with Crippen LogP contribution in [0.2, 0.25) is 0 Å². The highest BCUT2D eigenvalue weighted by atomic mass is 19.1. The maximum atomic E-state index is 13.1. The molecule has 0 bridgehead atoms. The van der Waals surface area contributed by atoms with Crippen LogP contribution in [0.4, 0.5) is 4.39 Å². The van der Waals surface area contributed by atoms with E-state index >= 15 is 0 Å². The second-order valence-electron chi connectivity index (χ2n) is 6.26. The van der Waals surface area contributed by atoms with E-state index in [0.717, 1.165) is 25.2 Å². The van der Waals surface area contributed by atoms with Crippen LogP contribution in [0, 0.1) is 5.82 Å². The number of halogens is 1. The summed E-state index contributed by atoms with van der Waals surface area (Å²) >= 11 is 0. The maximum Gasteiger partial charge on any atom is 0.141 e. The van der Waals surface area contributed by atoms with Crippen LogP contribution in [0.15, 0.2) is 18.3 Å². The molecule has 4 heteroatoms. The zero-order valence-corrected chi connectivity index (χ0v) is 13.5. The molecule has 2 rings (SSSR count). The van der Waals surface area contributed by atoms with Crippen molar-refractivity contribution >= 4 is 0 Å². The van der Waals surface area contributed by atoms with Gasteiger partial charge in [0.15, 0.2) is 0 Å². The quantitative estimate of drug-likeness (QED) is 0.870. The third-order valence-corrected chi connectivity index (χ3v) is 4.39. The van der Waals surface area contributed by atoms with E-state index in [2.05, 4.69) is 36.0 Å². The van der Waals surface area contributed by atoms with E-state index in [1.165, 1.54) is 31.5 Å². The minimum Gasteiger partial charge on any atom is -0.313 e. The molecule has 2 unspecified atom stereocenters. The summed E-state index contributed by atoms with van der Waals surface area (Å²) in [4.78, 5) is 6.81. The second kappa shape index (κ2) is 7.85. The molecule has 2 atom stereocenters. The normalized spacial score (nSPS) is 21.0. The molecule has 0 aromatic carbocycles. The molecule has 2 heterocycles. The lowest BCUT2D eigenvalue weighted by Crippen LogP contribution is -2.47. The number of nitrogens with one attached hydrogen (secondary N) is 1. The number of pyridine rings is 1. The summed E-state index contributed by atoms with van der Waals surface area (Å²) in [6.07, 6.45) is 6.17. The van der Waals surface area contributed by atoms with Gasteiger partial charge in [-0.15, -0.1) is 0 Å². The standard InChI is InChI=1S/C17H28FN3/c1-4-17(16-9-8-14(18)11-20-16)21(13(2)3)12-15-7-5-6-10-19-15/h8-9,11,13,15,17,19H,4-7,10,12H2,1-3H3. The average Bonchev–Trinajstić information content (AvgIpc) is 2.49. The highest BCUT2D eigenvalue weighted by molar-refractivity contribution is 5.10. The molecule has 21 heavy (non-hydrogen) atoms. The predicted octanol–water partition coefficient (Wildman–Crippen LogP) is 3.52. The zero-order valence-electron chi connectivity index (χ0n) is 13.5. The lowest BCUT2D eigenvalue weighted by Gasteiger charge is -2.38. The fourth-order valence-corrected chi connectivity index (χ4v) is 3.23. The first-order chi connectivity index (χ1) is 10.1. The number of hydrogen-bond acceptors (Lipinski definition) is 3. The third-order valence-electron chi connectivity index (χ3n) is 4.39. The summed E-state index contributed by atoms with van der Waals surface area (Å²) in [5.41, 5.74) is 0.975. The van der Waals surface area contributed by atoms with Crippen molar-refractivity contribution in [3.8, 4) is 0 Å². The van der Waals surface area contributed by atoms with Gasteiger partial charge in [0.2, 0.25) is 0 Å². The van der Waals surface area contributed by atoms with Crippen molar-refractivity contribution in [1.29, 1.82) is 0 Å². The van der Waals surface area contributed by atoms with Crippen LogP contribution >= 0.6 is 0 Å². The van der Waals surface area contributed by atoms with Gasteiger partial charge in [0.05, 0.1) is 17.9 Å². The number of rotatable bonds is 6. The molecule has 1 aromatic heterocycles. The first-order valence-electron chi connectivity index (χ1n) is 8.22. The lowest BCUT2D eigenvalue weighted by molar-refractivity contribution is 0.122. The van der Waals surface area contributed by atoms with Gasteiger partial charge < -0.3 is 5.32 Å². The van der Waals surface area contributed by atoms with Crippen molar-refractivity contribution in [2.75, 3.05) is 13.1 Å². The maximum absolute atomic E-state index is 13.1. The van der Waals surface area contributed by atoms with E-state index in [4.69, 9.17) is 0 Å². The molecule has 3 nitrogen and oxygen atoms in total. The summed E-state index contributed by atoms with van der Waals surface area (Å²) < 4.78 is 13.1. The summed E-state index contributed by atoms with van der Waals surface area (Å²) in [7, 11) is 0. The number of piperidine rings is 1. The number of hydrogen-bond donors (Lipinski definition) is 1. The van der Waals surface area contributed by atoms with E-state index < -0.39 is 0 Å². The van der Waals surface area contributed by atoms with Gasteiger partial charge in [-0.3, -0.25) is 9.88 Å². The molecule has 0 amide bonds. The van der Waals surface area contributed by atoms with E-state index in [1.807, 2.05) is 6.07 Å². The van der Waals surface area contributed by atoms with Gasteiger partial charge in [-0.1, -0.05) is 13.3 Å². The van der Waals surface area contributed by atoms with Crippen LogP contribution in [-0.2, 0) is 0 Å². The van der Waals surface area contributed by atoms with Crippen molar-refractivity contribution in [1.82, 2.24) is 15.2 Å². The van der Waals surface area contributed by atoms with Gasteiger partial charge in [-0.2, -0.15) is 0 Å². The molecule has 1 fully saturated rings. The van der Waals surface area contributed by atoms with Crippen LogP contribution in [0.1, 0.15) is 58.2 Å². The molecule has 1 aliphatic rings. The van der Waals surface area contributed by atoms with E-state index in [0.29, 0.717) is 12.1 Å². The predicted molar refractivity (Wildman–Crippen MR) is 84.7 cm³/mol. The van der Waals surface area contributed by atoms with Crippen LogP contribution in [0.3, 0.4) is 0 Å². The van der Waals surface area contributed by atoms with Crippen molar-refractivity contribution in [2.45, 2.75) is 64.6 Å². The molecular weight excluding hydrogens is 265 g/mol. The van der Waals surface area contributed by atoms with Gasteiger partial charge >= 0.3 is 0 Å². The van der Waals surface area contributed by atoms with Gasteiger partial charge in [-0.25, -0.2) is 4.39 Å². The first kappa shape index (κ1) is 16.4. The topological polar surface area (TPSA) is 28.2 Å². The summed E-state index contributed by atoms with van der Waals surface area (Å²) in [6, 6.07) is 4.62. The average molecular weight is 293 g/mol. The summed E-state index contributed by atoms with van der Waals surface area (Å²) in [5, 5.41) is 3.62. The fraction of sp³-hybridized carbons (Fsp3) is 0.706. The minimum atomic E-state index is -0.265. The molecule has 0 aliphatic carbocycles. The van der Waals surface area contributed by atoms with Gasteiger partial charge in [0, 0.05) is 18.6 Å². The second-order valence-corrected chi connectivity index (χ2v) is 6.26. The largest absolute Gasteiger partial charge is 0.313 e. The van der Waals surface area contributed by atoms with Crippen LogP contribution in [-0.4, -0.2) is 35.1 Å². The van der Waals surface area contributed by atoms with Crippen molar-refractivity contribution < 1.29 is 4.39 Å². The van der Waals surface area contributed by atoms with Crippen LogP contribution < -0.4 is 5.32 Å². The first-order valence-corrected chi connectivity index (χ1v) is 8.22. The monoisotopic (exact) mass is 293 g/mol. The molecule has 118 valence electrons. The Labute approximate surface area is 127 Å². The van der Waals surface area contributed by atoms with Gasteiger partial charge in [0.25, 0.3) is 0 Å². The Hall–Kier alpha value is -1.00. The smallest absolute Gasteiger partial charge is 0.141 e. The van der Waals surface area contributed by atoms with Gasteiger partial charge in [0.1, 0.15) is 5.82 Å².